The Labute approximate surface area is 88.9 Å². The molecule has 0 amide bonds. The summed E-state index contributed by atoms with van der Waals surface area (Å²) >= 11 is 2.25. The van der Waals surface area contributed by atoms with E-state index in [2.05, 4.69) is 32.8 Å². The fourth-order valence-electron chi connectivity index (χ4n) is 0.974. The Balaban J connectivity index is 2.41. The van der Waals surface area contributed by atoms with Crippen molar-refractivity contribution in [3.05, 3.63) is 34.0 Å². The molecule has 0 unspecified atom stereocenters. The standard InChI is InChI=1S/C8H7IN4/c9-6-1-3-7(4-2-6)13-11-5-8(10)12-13/h1-5H,(H2,10,12). The zero-order valence-corrected chi connectivity index (χ0v) is 8.84. The predicted octanol–water partition coefficient (Wildman–Crippen LogP) is 1.45. The molecule has 2 rings (SSSR count). The normalized spacial score (nSPS) is 10.2. The Kier molecular flexibility index (Phi) is 2.17. The van der Waals surface area contributed by atoms with Crippen LogP contribution in [0.3, 0.4) is 0 Å². The highest BCUT2D eigenvalue weighted by Crippen LogP contribution is 2.09. The van der Waals surface area contributed by atoms with Crippen molar-refractivity contribution < 1.29 is 0 Å². The highest BCUT2D eigenvalue weighted by Gasteiger charge is 1.98. The number of hydrogen-bond donors (Lipinski definition) is 1. The van der Waals surface area contributed by atoms with Gasteiger partial charge in [0.15, 0.2) is 5.82 Å². The Morgan fingerprint density at radius 3 is 2.46 bits per heavy atom. The van der Waals surface area contributed by atoms with Crippen molar-refractivity contribution in [3.8, 4) is 5.69 Å². The van der Waals surface area contributed by atoms with Crippen molar-refractivity contribution in [2.24, 2.45) is 0 Å². The second kappa shape index (κ2) is 3.33. The maximum atomic E-state index is 5.45. The topological polar surface area (TPSA) is 56.7 Å². The number of benzene rings is 1. The van der Waals surface area contributed by atoms with Crippen molar-refractivity contribution in [3.63, 3.8) is 0 Å². The molecule has 1 aromatic carbocycles. The van der Waals surface area contributed by atoms with E-state index in [4.69, 9.17) is 5.73 Å². The monoisotopic (exact) mass is 286 g/mol. The van der Waals surface area contributed by atoms with E-state index in [-0.39, 0.29) is 0 Å². The third-order valence-corrected chi connectivity index (χ3v) is 2.29. The van der Waals surface area contributed by atoms with Gasteiger partial charge >= 0.3 is 0 Å². The summed E-state index contributed by atoms with van der Waals surface area (Å²) in [6.07, 6.45) is 1.53. The predicted molar refractivity (Wildman–Crippen MR) is 58.5 cm³/mol. The van der Waals surface area contributed by atoms with Crippen LogP contribution < -0.4 is 5.73 Å². The van der Waals surface area contributed by atoms with Gasteiger partial charge in [0, 0.05) is 3.57 Å². The molecule has 5 heteroatoms. The van der Waals surface area contributed by atoms with Crippen LogP contribution in [0.25, 0.3) is 5.69 Å². The lowest BCUT2D eigenvalue weighted by Crippen LogP contribution is -1.98. The molecule has 0 spiro atoms. The summed E-state index contributed by atoms with van der Waals surface area (Å²) in [6, 6.07) is 7.88. The summed E-state index contributed by atoms with van der Waals surface area (Å²) in [5.74, 6) is 0.429. The van der Waals surface area contributed by atoms with Crippen LogP contribution in [0.15, 0.2) is 30.5 Å². The first-order chi connectivity index (χ1) is 6.25. The molecule has 13 heavy (non-hydrogen) atoms. The molecule has 0 saturated heterocycles. The SMILES string of the molecule is Nc1cnn(-c2ccc(I)cc2)n1. The molecule has 66 valence electrons. The lowest BCUT2D eigenvalue weighted by atomic mass is 10.3. The van der Waals surface area contributed by atoms with Crippen molar-refractivity contribution in [2.45, 2.75) is 0 Å². The zero-order valence-electron chi connectivity index (χ0n) is 6.68. The highest BCUT2D eigenvalue weighted by atomic mass is 127. The van der Waals surface area contributed by atoms with Crippen molar-refractivity contribution in [1.82, 2.24) is 15.0 Å². The molecular formula is C8H7IN4. The molecule has 1 heterocycles. The summed E-state index contributed by atoms with van der Waals surface area (Å²) in [6.45, 7) is 0. The molecule has 0 aliphatic heterocycles. The van der Waals surface area contributed by atoms with Crippen LogP contribution in [0.1, 0.15) is 0 Å². The number of nitrogens with zero attached hydrogens (tertiary/aromatic N) is 3. The van der Waals surface area contributed by atoms with E-state index in [1.54, 1.807) is 0 Å². The average molecular weight is 286 g/mol. The maximum Gasteiger partial charge on any atom is 0.166 e. The van der Waals surface area contributed by atoms with Gasteiger partial charge in [-0.2, -0.15) is 5.10 Å². The van der Waals surface area contributed by atoms with E-state index < -0.39 is 0 Å². The molecule has 0 bridgehead atoms. The van der Waals surface area contributed by atoms with Crippen molar-refractivity contribution in [1.29, 1.82) is 0 Å². The molecule has 4 nitrogen and oxygen atoms in total. The van der Waals surface area contributed by atoms with Crippen LogP contribution >= 0.6 is 22.6 Å². The van der Waals surface area contributed by atoms with E-state index in [0.717, 1.165) is 5.69 Å². The van der Waals surface area contributed by atoms with E-state index in [9.17, 15) is 0 Å². The van der Waals surface area contributed by atoms with Gasteiger partial charge < -0.3 is 5.73 Å². The third-order valence-electron chi connectivity index (χ3n) is 1.57. The molecular weight excluding hydrogens is 279 g/mol. The first-order valence-electron chi connectivity index (χ1n) is 3.69. The fourth-order valence-corrected chi connectivity index (χ4v) is 1.33. The summed E-state index contributed by atoms with van der Waals surface area (Å²) in [7, 11) is 0. The summed E-state index contributed by atoms with van der Waals surface area (Å²) in [4.78, 5) is 1.51. The Morgan fingerprint density at radius 2 is 1.92 bits per heavy atom. The molecule has 0 fully saturated rings. The lowest BCUT2D eigenvalue weighted by Gasteiger charge is -1.97. The van der Waals surface area contributed by atoms with Gasteiger partial charge in [0.1, 0.15) is 0 Å². The maximum absolute atomic E-state index is 5.45. The minimum Gasteiger partial charge on any atom is -0.381 e. The van der Waals surface area contributed by atoms with Crippen LogP contribution in [-0.4, -0.2) is 15.0 Å². The second-order valence-electron chi connectivity index (χ2n) is 2.54. The number of hydrogen-bond acceptors (Lipinski definition) is 3. The molecule has 2 aromatic rings. The van der Waals surface area contributed by atoms with Gasteiger partial charge in [-0.1, -0.05) is 0 Å². The number of rotatable bonds is 1. The number of nitrogens with two attached hydrogens (primary N) is 1. The highest BCUT2D eigenvalue weighted by molar-refractivity contribution is 14.1. The quantitative estimate of drug-likeness (QED) is 0.807. The molecule has 0 saturated carbocycles. The Hall–Kier alpha value is -1.11. The van der Waals surface area contributed by atoms with Gasteiger partial charge in [0.25, 0.3) is 0 Å². The third kappa shape index (κ3) is 1.80. The van der Waals surface area contributed by atoms with Crippen LogP contribution in [0, 0.1) is 3.57 Å². The molecule has 0 aliphatic rings. The minimum atomic E-state index is 0.429. The molecule has 0 radical (unpaired) electrons. The second-order valence-corrected chi connectivity index (χ2v) is 3.78. The van der Waals surface area contributed by atoms with Gasteiger partial charge in [-0.25, -0.2) is 0 Å². The molecule has 1 aromatic heterocycles. The van der Waals surface area contributed by atoms with E-state index >= 15 is 0 Å². The van der Waals surface area contributed by atoms with Crippen molar-refractivity contribution >= 4 is 28.4 Å². The summed E-state index contributed by atoms with van der Waals surface area (Å²) in [5.41, 5.74) is 6.36. The number of nitrogen functional groups attached to an aromatic ring is 1. The van der Waals surface area contributed by atoms with Crippen molar-refractivity contribution in [2.75, 3.05) is 5.73 Å². The van der Waals surface area contributed by atoms with Crippen LogP contribution in [0.4, 0.5) is 5.82 Å². The van der Waals surface area contributed by atoms with Crippen LogP contribution in [0.2, 0.25) is 0 Å². The first-order valence-corrected chi connectivity index (χ1v) is 4.77. The van der Waals surface area contributed by atoms with Gasteiger partial charge in [0.2, 0.25) is 0 Å². The lowest BCUT2D eigenvalue weighted by molar-refractivity contribution is 0.754. The van der Waals surface area contributed by atoms with Gasteiger partial charge in [-0.3, -0.25) is 0 Å². The van der Waals surface area contributed by atoms with Crippen LogP contribution in [-0.2, 0) is 0 Å². The fraction of sp³-hybridized carbons (Fsp3) is 0. The number of anilines is 1. The van der Waals surface area contributed by atoms with Gasteiger partial charge in [0.05, 0.1) is 11.9 Å². The van der Waals surface area contributed by atoms with Gasteiger partial charge in [-0.05, 0) is 46.9 Å². The minimum absolute atomic E-state index is 0.429. The first kappa shape index (κ1) is 8.49. The largest absolute Gasteiger partial charge is 0.381 e. The smallest absolute Gasteiger partial charge is 0.166 e. The van der Waals surface area contributed by atoms with E-state index in [0.29, 0.717) is 5.82 Å². The Morgan fingerprint density at radius 1 is 1.23 bits per heavy atom. The van der Waals surface area contributed by atoms with E-state index in [1.807, 2.05) is 24.3 Å². The molecule has 2 N–H and O–H groups in total. The molecule has 0 aliphatic carbocycles. The summed E-state index contributed by atoms with van der Waals surface area (Å²) in [5, 5.41) is 7.99. The zero-order chi connectivity index (χ0) is 9.26. The van der Waals surface area contributed by atoms with E-state index in [1.165, 1.54) is 14.6 Å². The van der Waals surface area contributed by atoms with Gasteiger partial charge in [-0.15, -0.1) is 9.90 Å². The number of halogens is 1. The average Bonchev–Trinajstić information content (AvgIpc) is 2.53. The molecule has 0 atom stereocenters. The Bertz CT molecular complexity index is 406. The number of aromatic nitrogens is 3. The van der Waals surface area contributed by atoms with Crippen LogP contribution in [0.5, 0.6) is 0 Å². The summed E-state index contributed by atoms with van der Waals surface area (Å²) < 4.78 is 1.18.